The van der Waals surface area contributed by atoms with Crippen LogP contribution in [0.1, 0.15) is 0 Å². The van der Waals surface area contributed by atoms with Crippen molar-refractivity contribution in [2.45, 2.75) is 0 Å². The lowest BCUT2D eigenvalue weighted by Crippen LogP contribution is -2.02. The van der Waals surface area contributed by atoms with Gasteiger partial charge in [0.15, 0.2) is 11.5 Å². The quantitative estimate of drug-likeness (QED) is 0.513. The van der Waals surface area contributed by atoms with Crippen molar-refractivity contribution in [1.29, 1.82) is 0 Å². The average molecular weight is 384 g/mol. The number of ether oxygens (including phenoxy) is 2. The average Bonchev–Trinajstić information content (AvgIpc) is 3.11. The summed E-state index contributed by atoms with van der Waals surface area (Å²) in [6.45, 7) is 0. The molecule has 0 saturated heterocycles. The molecule has 4 rings (SSSR count). The van der Waals surface area contributed by atoms with E-state index in [1.54, 1.807) is 38.9 Å². The summed E-state index contributed by atoms with van der Waals surface area (Å²) < 4.78 is 35.0. The molecule has 2 aromatic carbocycles. The second-order valence-corrected chi connectivity index (χ2v) is 6.43. The van der Waals surface area contributed by atoms with Crippen LogP contribution in [-0.4, -0.2) is 37.5 Å². The number of nitrogens with zero attached hydrogens (tertiary/aromatic N) is 3. The van der Waals surface area contributed by atoms with Crippen LogP contribution in [0.25, 0.3) is 27.6 Å². The molecule has 0 aliphatic heterocycles. The standard InChI is InChI=1S/C18H16N4O4S/c1-25-16-7-13-14(8-17(16)26-2)19-9-15-18(13)22(10-20-15)12-5-3-11(4-6-12)21-27(23)24/h3-10,21H,1-2H3,(H,23,24). The summed E-state index contributed by atoms with van der Waals surface area (Å²) in [5.41, 5.74) is 3.78. The second-order valence-electron chi connectivity index (χ2n) is 5.73. The predicted molar refractivity (Wildman–Crippen MR) is 104 cm³/mol. The van der Waals surface area contributed by atoms with Crippen molar-refractivity contribution >= 4 is 38.9 Å². The molecule has 0 fully saturated rings. The third-order valence-corrected chi connectivity index (χ3v) is 4.64. The number of fused-ring (bicyclic) bond motifs is 3. The molecule has 2 aromatic heterocycles. The number of methoxy groups -OCH3 is 2. The van der Waals surface area contributed by atoms with Gasteiger partial charge in [-0.2, -0.15) is 0 Å². The third-order valence-electron chi connectivity index (χ3n) is 4.23. The first-order valence-corrected chi connectivity index (χ1v) is 9.07. The molecule has 8 nitrogen and oxygen atoms in total. The molecule has 4 aromatic rings. The molecule has 0 bridgehead atoms. The van der Waals surface area contributed by atoms with Gasteiger partial charge < -0.3 is 9.47 Å². The van der Waals surface area contributed by atoms with Crippen molar-refractivity contribution in [3.05, 3.63) is 48.9 Å². The van der Waals surface area contributed by atoms with Crippen LogP contribution in [0.4, 0.5) is 5.69 Å². The molecule has 2 N–H and O–H groups in total. The van der Waals surface area contributed by atoms with E-state index in [0.29, 0.717) is 17.2 Å². The van der Waals surface area contributed by atoms with Gasteiger partial charge in [-0.3, -0.25) is 18.8 Å². The van der Waals surface area contributed by atoms with E-state index in [2.05, 4.69) is 14.7 Å². The zero-order chi connectivity index (χ0) is 19.0. The number of pyridine rings is 1. The Kier molecular flexibility index (Phi) is 4.38. The summed E-state index contributed by atoms with van der Waals surface area (Å²) in [4.78, 5) is 8.90. The number of hydrogen-bond acceptors (Lipinski definition) is 5. The number of rotatable bonds is 5. The number of nitrogens with one attached hydrogen (secondary N) is 1. The highest BCUT2D eigenvalue weighted by Gasteiger charge is 2.14. The molecule has 138 valence electrons. The van der Waals surface area contributed by atoms with Gasteiger partial charge in [-0.05, 0) is 30.3 Å². The lowest BCUT2D eigenvalue weighted by molar-refractivity contribution is 0.356. The highest BCUT2D eigenvalue weighted by molar-refractivity contribution is 7.80. The van der Waals surface area contributed by atoms with E-state index in [-0.39, 0.29) is 0 Å². The highest BCUT2D eigenvalue weighted by Crippen LogP contribution is 2.35. The first-order valence-electron chi connectivity index (χ1n) is 7.96. The largest absolute Gasteiger partial charge is 0.493 e. The van der Waals surface area contributed by atoms with Crippen molar-refractivity contribution in [2.24, 2.45) is 0 Å². The molecule has 27 heavy (non-hydrogen) atoms. The molecule has 0 saturated carbocycles. The van der Waals surface area contributed by atoms with Crippen molar-refractivity contribution in [1.82, 2.24) is 14.5 Å². The van der Waals surface area contributed by atoms with E-state index in [1.165, 1.54) is 0 Å². The monoisotopic (exact) mass is 384 g/mol. The Labute approximate surface area is 157 Å². The summed E-state index contributed by atoms with van der Waals surface area (Å²) in [7, 11) is 3.17. The molecule has 0 aliphatic rings. The van der Waals surface area contributed by atoms with E-state index in [4.69, 9.17) is 14.0 Å². The Morgan fingerprint density at radius 1 is 1.04 bits per heavy atom. The molecule has 0 aliphatic carbocycles. The van der Waals surface area contributed by atoms with Gasteiger partial charge in [-0.25, -0.2) is 9.19 Å². The summed E-state index contributed by atoms with van der Waals surface area (Å²) in [6, 6.07) is 10.8. The molecular formula is C18H16N4O4S. The van der Waals surface area contributed by atoms with Gasteiger partial charge >= 0.3 is 0 Å². The normalized spacial score (nSPS) is 12.3. The summed E-state index contributed by atoms with van der Waals surface area (Å²) in [5, 5.41) is 0.876. The first kappa shape index (κ1) is 17.3. The van der Waals surface area contributed by atoms with Crippen molar-refractivity contribution in [3.8, 4) is 17.2 Å². The maximum Gasteiger partial charge on any atom is 0.259 e. The first-order chi connectivity index (χ1) is 13.1. The van der Waals surface area contributed by atoms with E-state index >= 15 is 0 Å². The SMILES string of the molecule is COc1cc2ncc3ncn(-c4ccc(NS(=O)O)cc4)c3c2cc1OC. The Morgan fingerprint density at radius 2 is 1.74 bits per heavy atom. The predicted octanol–water partition coefficient (Wildman–Crippen LogP) is 3.14. The van der Waals surface area contributed by atoms with Gasteiger partial charge in [0.1, 0.15) is 11.8 Å². The Bertz CT molecular complexity index is 1160. The van der Waals surface area contributed by atoms with E-state index in [9.17, 15) is 4.21 Å². The zero-order valence-corrected chi connectivity index (χ0v) is 15.4. The molecule has 0 amide bonds. The second kappa shape index (κ2) is 6.86. The van der Waals surface area contributed by atoms with Gasteiger partial charge in [0.05, 0.1) is 31.4 Å². The van der Waals surface area contributed by atoms with Crippen molar-refractivity contribution < 1.29 is 18.2 Å². The van der Waals surface area contributed by atoms with Crippen LogP contribution in [0.5, 0.6) is 11.5 Å². The topological polar surface area (TPSA) is 98.5 Å². The van der Waals surface area contributed by atoms with Crippen LogP contribution >= 0.6 is 0 Å². The van der Waals surface area contributed by atoms with Gasteiger partial charge in [0, 0.05) is 22.8 Å². The van der Waals surface area contributed by atoms with Crippen molar-refractivity contribution in [2.75, 3.05) is 18.9 Å². The van der Waals surface area contributed by atoms with Crippen LogP contribution in [0.15, 0.2) is 48.9 Å². The summed E-state index contributed by atoms with van der Waals surface area (Å²) in [5.74, 6) is 1.22. The maximum absolute atomic E-state index is 10.9. The van der Waals surface area contributed by atoms with E-state index in [0.717, 1.165) is 27.6 Å². The van der Waals surface area contributed by atoms with Crippen molar-refractivity contribution in [3.63, 3.8) is 0 Å². The van der Waals surface area contributed by atoms with Crippen LogP contribution < -0.4 is 14.2 Å². The van der Waals surface area contributed by atoms with Gasteiger partial charge in [0.25, 0.3) is 11.3 Å². The smallest absolute Gasteiger partial charge is 0.259 e. The van der Waals surface area contributed by atoms with Crippen LogP contribution in [0, 0.1) is 0 Å². The molecule has 2 heterocycles. The Hall–Kier alpha value is -3.17. The number of anilines is 1. The van der Waals surface area contributed by atoms with Gasteiger partial charge in [-0.15, -0.1) is 0 Å². The molecule has 1 unspecified atom stereocenters. The molecular weight excluding hydrogens is 368 g/mol. The van der Waals surface area contributed by atoms with Crippen LogP contribution in [-0.2, 0) is 11.3 Å². The Morgan fingerprint density at radius 3 is 2.41 bits per heavy atom. The zero-order valence-electron chi connectivity index (χ0n) is 14.5. The molecule has 0 radical (unpaired) electrons. The summed E-state index contributed by atoms with van der Waals surface area (Å²) in [6.07, 6.45) is 3.43. The number of aromatic nitrogens is 3. The fraction of sp³-hybridized carbons (Fsp3) is 0.111. The van der Waals surface area contributed by atoms with Crippen LogP contribution in [0.2, 0.25) is 0 Å². The maximum atomic E-state index is 10.9. The fourth-order valence-corrected chi connectivity index (χ4v) is 3.34. The molecule has 1 atom stereocenters. The lowest BCUT2D eigenvalue weighted by atomic mass is 10.1. The van der Waals surface area contributed by atoms with E-state index in [1.807, 2.05) is 28.8 Å². The fourth-order valence-electron chi connectivity index (χ4n) is 3.01. The number of hydrogen-bond donors (Lipinski definition) is 2. The minimum Gasteiger partial charge on any atom is -0.493 e. The number of benzene rings is 2. The van der Waals surface area contributed by atoms with E-state index < -0.39 is 11.3 Å². The third kappa shape index (κ3) is 3.07. The lowest BCUT2D eigenvalue weighted by Gasteiger charge is -2.11. The Balaban J connectivity index is 1.91. The highest BCUT2D eigenvalue weighted by atomic mass is 32.2. The summed E-state index contributed by atoms with van der Waals surface area (Å²) >= 11 is -2.11. The van der Waals surface area contributed by atoms with Gasteiger partial charge in [-0.1, -0.05) is 0 Å². The van der Waals surface area contributed by atoms with Crippen LogP contribution in [0.3, 0.4) is 0 Å². The molecule has 9 heteroatoms. The minimum atomic E-state index is -2.11. The molecule has 0 spiro atoms. The number of imidazole rings is 1. The van der Waals surface area contributed by atoms with Gasteiger partial charge in [0.2, 0.25) is 0 Å². The minimum absolute atomic E-state index is 0.543.